The first-order valence-electron chi connectivity index (χ1n) is 14.0. The first-order valence-corrected chi connectivity index (χ1v) is 14.0. The van der Waals surface area contributed by atoms with E-state index in [-0.39, 0.29) is 11.1 Å². The molecule has 0 spiro atoms. The van der Waals surface area contributed by atoms with Crippen molar-refractivity contribution in [1.29, 1.82) is 0 Å². The van der Waals surface area contributed by atoms with Crippen molar-refractivity contribution in [3.8, 4) is 28.3 Å². The maximum Gasteiger partial charge on any atom is 0.333 e. The monoisotopic (exact) mass is 535 g/mol. The van der Waals surface area contributed by atoms with E-state index in [2.05, 4.69) is 96.8 Å². The SMILES string of the molecule is CCCCc1cn(-c2c(CC)cccc2C(C)(C)C)c(=O)n1Cc1ccc(-c2ncccc2-c2nn[nH]n2)cc1. The summed E-state index contributed by atoms with van der Waals surface area (Å²) in [4.78, 5) is 18.6. The molecule has 0 aliphatic heterocycles. The Labute approximate surface area is 235 Å². The van der Waals surface area contributed by atoms with Crippen molar-refractivity contribution < 1.29 is 0 Å². The van der Waals surface area contributed by atoms with Crippen molar-refractivity contribution in [2.45, 2.75) is 72.3 Å². The molecule has 3 heterocycles. The minimum atomic E-state index is -0.0900. The van der Waals surface area contributed by atoms with Crippen molar-refractivity contribution in [3.63, 3.8) is 0 Å². The van der Waals surface area contributed by atoms with Gasteiger partial charge in [-0.3, -0.25) is 14.1 Å². The summed E-state index contributed by atoms with van der Waals surface area (Å²) in [5.41, 5.74) is 7.97. The molecule has 5 rings (SSSR count). The average molecular weight is 536 g/mol. The summed E-state index contributed by atoms with van der Waals surface area (Å²) in [6.45, 7) is 11.5. The summed E-state index contributed by atoms with van der Waals surface area (Å²) < 4.78 is 3.83. The van der Waals surface area contributed by atoms with Gasteiger partial charge in [0, 0.05) is 29.2 Å². The highest BCUT2D eigenvalue weighted by Gasteiger charge is 2.24. The van der Waals surface area contributed by atoms with Gasteiger partial charge in [0.15, 0.2) is 0 Å². The molecular formula is C32H37N7O. The van der Waals surface area contributed by atoms with Crippen molar-refractivity contribution >= 4 is 0 Å². The van der Waals surface area contributed by atoms with Crippen LogP contribution >= 0.6 is 0 Å². The van der Waals surface area contributed by atoms with Gasteiger partial charge in [-0.15, -0.1) is 10.2 Å². The van der Waals surface area contributed by atoms with Crippen LogP contribution in [0.25, 0.3) is 28.3 Å². The van der Waals surface area contributed by atoms with Crippen molar-refractivity contribution in [3.05, 3.63) is 99.9 Å². The van der Waals surface area contributed by atoms with Crippen LogP contribution in [-0.2, 0) is 24.8 Å². The van der Waals surface area contributed by atoms with Crippen LogP contribution in [0.3, 0.4) is 0 Å². The highest BCUT2D eigenvalue weighted by atomic mass is 16.1. The van der Waals surface area contributed by atoms with Crippen LogP contribution in [0.5, 0.6) is 0 Å². The molecule has 0 radical (unpaired) electrons. The lowest BCUT2D eigenvalue weighted by atomic mass is 9.84. The van der Waals surface area contributed by atoms with E-state index in [9.17, 15) is 4.79 Å². The minimum Gasteiger partial charge on any atom is -0.292 e. The molecule has 0 unspecified atom stereocenters. The Morgan fingerprint density at radius 3 is 2.45 bits per heavy atom. The van der Waals surface area contributed by atoms with Gasteiger partial charge in [-0.1, -0.05) is 83.5 Å². The molecular weight excluding hydrogens is 498 g/mol. The summed E-state index contributed by atoms with van der Waals surface area (Å²) in [6.07, 6.45) is 7.65. The second-order valence-electron chi connectivity index (χ2n) is 11.2. The van der Waals surface area contributed by atoms with Crippen molar-refractivity contribution in [2.24, 2.45) is 0 Å². The molecule has 0 saturated carbocycles. The highest BCUT2D eigenvalue weighted by molar-refractivity contribution is 5.76. The van der Waals surface area contributed by atoms with Crippen LogP contribution in [-0.4, -0.2) is 34.7 Å². The van der Waals surface area contributed by atoms with Crippen LogP contribution in [0.1, 0.15) is 69.8 Å². The maximum absolute atomic E-state index is 14.1. The predicted octanol–water partition coefficient (Wildman–Crippen LogP) is 6.13. The molecule has 0 saturated heterocycles. The summed E-state index contributed by atoms with van der Waals surface area (Å²) in [5.74, 6) is 0.502. The van der Waals surface area contributed by atoms with Crippen LogP contribution in [0, 0.1) is 0 Å². The smallest absolute Gasteiger partial charge is 0.292 e. The maximum atomic E-state index is 14.1. The zero-order valence-electron chi connectivity index (χ0n) is 24.0. The zero-order chi connectivity index (χ0) is 28.3. The first-order chi connectivity index (χ1) is 19.3. The van der Waals surface area contributed by atoms with Gasteiger partial charge in [0.1, 0.15) is 0 Å². The van der Waals surface area contributed by atoms with Crippen LogP contribution in [0.4, 0.5) is 0 Å². The third kappa shape index (κ3) is 5.39. The molecule has 8 heteroatoms. The van der Waals surface area contributed by atoms with Gasteiger partial charge >= 0.3 is 5.69 Å². The van der Waals surface area contributed by atoms with Gasteiger partial charge < -0.3 is 0 Å². The largest absolute Gasteiger partial charge is 0.333 e. The van der Waals surface area contributed by atoms with E-state index in [1.807, 2.05) is 33.4 Å². The number of aryl methyl sites for hydroxylation is 2. The number of pyridine rings is 1. The topological polar surface area (TPSA) is 94.3 Å². The number of benzene rings is 2. The molecule has 0 atom stereocenters. The number of hydrogen-bond donors (Lipinski definition) is 1. The number of unbranched alkanes of at least 4 members (excludes halogenated alkanes) is 1. The summed E-state index contributed by atoms with van der Waals surface area (Å²) in [6, 6.07) is 18.4. The van der Waals surface area contributed by atoms with E-state index in [1.165, 1.54) is 11.1 Å². The van der Waals surface area contributed by atoms with Crippen LogP contribution < -0.4 is 5.69 Å². The molecule has 206 valence electrons. The third-order valence-electron chi connectivity index (χ3n) is 7.36. The van der Waals surface area contributed by atoms with E-state index in [0.29, 0.717) is 12.4 Å². The van der Waals surface area contributed by atoms with E-state index >= 15 is 0 Å². The fourth-order valence-electron chi connectivity index (χ4n) is 5.22. The second-order valence-corrected chi connectivity index (χ2v) is 11.2. The normalized spacial score (nSPS) is 11.7. The molecule has 3 aromatic heterocycles. The number of nitrogens with zero attached hydrogens (tertiary/aromatic N) is 6. The number of para-hydroxylation sites is 1. The summed E-state index contributed by atoms with van der Waals surface area (Å²) in [7, 11) is 0. The lowest BCUT2D eigenvalue weighted by Crippen LogP contribution is -2.27. The van der Waals surface area contributed by atoms with E-state index < -0.39 is 0 Å². The predicted molar refractivity (Wildman–Crippen MR) is 159 cm³/mol. The van der Waals surface area contributed by atoms with Gasteiger partial charge in [0.05, 0.1) is 17.9 Å². The number of imidazole rings is 1. The third-order valence-corrected chi connectivity index (χ3v) is 7.36. The Balaban J connectivity index is 1.54. The van der Waals surface area contributed by atoms with E-state index in [4.69, 9.17) is 0 Å². The van der Waals surface area contributed by atoms with Gasteiger partial charge in [-0.25, -0.2) is 4.79 Å². The molecule has 0 fully saturated rings. The number of H-pyrrole nitrogens is 1. The molecule has 0 amide bonds. The standard InChI is InChI=1S/C32H37N7O/c1-6-8-12-25-21-39(29-23(7-2)11-9-14-27(29)32(3,4)5)31(40)38(25)20-22-15-17-24(18-16-22)28-26(13-10-19-33-28)30-34-36-37-35-30/h9-11,13-19,21H,6-8,12,20H2,1-5H3,(H,34,35,36,37). The van der Waals surface area contributed by atoms with Gasteiger partial charge in [-0.05, 0) is 58.7 Å². The number of rotatable bonds is 9. The van der Waals surface area contributed by atoms with Crippen LogP contribution in [0.2, 0.25) is 0 Å². The van der Waals surface area contributed by atoms with Gasteiger partial charge in [-0.2, -0.15) is 5.21 Å². The second kappa shape index (κ2) is 11.4. The molecule has 5 aromatic rings. The lowest BCUT2D eigenvalue weighted by Gasteiger charge is -2.25. The Morgan fingerprint density at radius 2 is 1.77 bits per heavy atom. The van der Waals surface area contributed by atoms with E-state index in [1.54, 1.807) is 6.20 Å². The van der Waals surface area contributed by atoms with Crippen LogP contribution in [0.15, 0.2) is 71.8 Å². The number of aromatic nitrogens is 7. The Morgan fingerprint density at radius 1 is 0.975 bits per heavy atom. The fourth-order valence-corrected chi connectivity index (χ4v) is 5.22. The Bertz CT molecular complexity index is 1640. The molecule has 1 N–H and O–H groups in total. The first kappa shape index (κ1) is 27.2. The number of nitrogens with one attached hydrogen (secondary N) is 1. The molecule has 2 aromatic carbocycles. The number of hydrogen-bond acceptors (Lipinski definition) is 5. The van der Waals surface area contributed by atoms with Gasteiger partial charge in [0.2, 0.25) is 5.82 Å². The van der Waals surface area contributed by atoms with E-state index in [0.717, 1.165) is 59.4 Å². The zero-order valence-corrected chi connectivity index (χ0v) is 24.0. The molecule has 8 nitrogen and oxygen atoms in total. The van der Waals surface area contributed by atoms with Gasteiger partial charge in [0.25, 0.3) is 0 Å². The molecule has 0 aliphatic carbocycles. The molecule has 40 heavy (non-hydrogen) atoms. The average Bonchev–Trinajstić information content (AvgIpc) is 3.60. The fraction of sp³-hybridized carbons (Fsp3) is 0.344. The van der Waals surface area contributed by atoms with Crippen molar-refractivity contribution in [1.82, 2.24) is 34.7 Å². The lowest BCUT2D eigenvalue weighted by molar-refractivity contribution is 0.583. The summed E-state index contributed by atoms with van der Waals surface area (Å²) in [5, 5.41) is 14.4. The molecule has 0 bridgehead atoms. The Hall–Kier alpha value is -4.33. The quantitative estimate of drug-likeness (QED) is 0.245. The summed E-state index contributed by atoms with van der Waals surface area (Å²) >= 11 is 0. The highest BCUT2D eigenvalue weighted by Crippen LogP contribution is 2.31. The number of tetrazole rings is 1. The number of aromatic amines is 1. The Kier molecular flexibility index (Phi) is 7.78. The van der Waals surface area contributed by atoms with Crippen molar-refractivity contribution in [2.75, 3.05) is 0 Å². The molecule has 0 aliphatic rings. The minimum absolute atomic E-state index is 0.00528.